The monoisotopic (exact) mass is 500 g/mol. The molecule has 1 aliphatic heterocycles. The van der Waals surface area contributed by atoms with Gasteiger partial charge in [-0.2, -0.15) is 0 Å². The van der Waals surface area contributed by atoms with Crippen LogP contribution in [0.15, 0.2) is 72.8 Å². The third-order valence-electron chi connectivity index (χ3n) is 8.35. The third kappa shape index (κ3) is 4.90. The fourth-order valence-corrected chi connectivity index (χ4v) is 5.74. The Kier molecular flexibility index (Phi) is 7.10. The summed E-state index contributed by atoms with van der Waals surface area (Å²) < 4.78 is 29.8. The van der Waals surface area contributed by atoms with Crippen LogP contribution in [0.2, 0.25) is 5.82 Å². The molecule has 2 aliphatic rings. The molecule has 37 heavy (non-hydrogen) atoms. The quantitative estimate of drug-likeness (QED) is 0.270. The average molecular weight is 500 g/mol. The predicted molar refractivity (Wildman–Crippen MR) is 147 cm³/mol. The Balaban J connectivity index is 1.64. The lowest BCUT2D eigenvalue weighted by molar-refractivity contribution is 0.00578. The van der Waals surface area contributed by atoms with Gasteiger partial charge in [0.2, 0.25) is 0 Å². The first-order chi connectivity index (χ1) is 17.7. The lowest BCUT2D eigenvalue weighted by Gasteiger charge is -2.41. The molecule has 0 amide bonds. The molecule has 6 heteroatoms. The number of ether oxygens (including phenoxy) is 3. The Hall–Kier alpha value is -2.80. The van der Waals surface area contributed by atoms with E-state index in [1.54, 1.807) is 14.2 Å². The maximum absolute atomic E-state index is 6.69. The zero-order chi connectivity index (χ0) is 26.2. The first kappa shape index (κ1) is 25.8. The maximum Gasteiger partial charge on any atom is 0.462 e. The molecule has 0 spiro atoms. The molecule has 0 bridgehead atoms. The molecule has 0 N–H and O–H groups in total. The van der Waals surface area contributed by atoms with E-state index in [-0.39, 0.29) is 31.6 Å². The highest BCUT2D eigenvalue weighted by atomic mass is 16.7. The Labute approximate surface area is 221 Å². The number of rotatable bonds is 7. The molecule has 3 aromatic rings. The minimum atomic E-state index is -0.399. The highest BCUT2D eigenvalue weighted by Crippen LogP contribution is 2.55. The SMILES string of the molecule is COCOc1ccc([C@@H]2c3ccc(OC)cc3C[C@@H](B3OC(C)(C)C(C)(C)O3)[C@@H]2c2ccccc2)cc1. The summed E-state index contributed by atoms with van der Waals surface area (Å²) in [5.74, 6) is 2.03. The summed E-state index contributed by atoms with van der Waals surface area (Å²) in [4.78, 5) is 0. The topological polar surface area (TPSA) is 46.2 Å². The summed E-state index contributed by atoms with van der Waals surface area (Å²) in [5, 5.41) is 0. The molecule has 3 aromatic carbocycles. The Morgan fingerprint density at radius 1 is 0.811 bits per heavy atom. The molecule has 5 rings (SSSR count). The summed E-state index contributed by atoms with van der Waals surface area (Å²) in [7, 11) is 3.02. The van der Waals surface area contributed by atoms with Crippen molar-refractivity contribution < 1.29 is 23.5 Å². The van der Waals surface area contributed by atoms with E-state index < -0.39 is 11.2 Å². The van der Waals surface area contributed by atoms with E-state index in [4.69, 9.17) is 23.5 Å². The second-order valence-electron chi connectivity index (χ2n) is 11.1. The van der Waals surface area contributed by atoms with Crippen molar-refractivity contribution in [1.29, 1.82) is 0 Å². The van der Waals surface area contributed by atoms with Crippen LogP contribution >= 0.6 is 0 Å². The van der Waals surface area contributed by atoms with Gasteiger partial charge in [0.15, 0.2) is 6.79 Å². The van der Waals surface area contributed by atoms with E-state index in [2.05, 4.69) is 88.4 Å². The fraction of sp³-hybridized carbons (Fsp3) is 0.419. The smallest absolute Gasteiger partial charge is 0.462 e. The normalized spacial score (nSPS) is 23.9. The second-order valence-corrected chi connectivity index (χ2v) is 11.1. The van der Waals surface area contributed by atoms with Crippen LogP contribution in [0.1, 0.15) is 61.8 Å². The van der Waals surface area contributed by atoms with E-state index >= 15 is 0 Å². The molecule has 1 aliphatic carbocycles. The van der Waals surface area contributed by atoms with Crippen LogP contribution in [-0.2, 0) is 20.5 Å². The van der Waals surface area contributed by atoms with Gasteiger partial charge in [-0.3, -0.25) is 0 Å². The molecule has 1 saturated heterocycles. The Bertz CT molecular complexity index is 1190. The van der Waals surface area contributed by atoms with E-state index in [0.717, 1.165) is 17.9 Å². The van der Waals surface area contributed by atoms with E-state index in [1.165, 1.54) is 22.3 Å². The van der Waals surface area contributed by atoms with Crippen molar-refractivity contribution in [3.63, 3.8) is 0 Å². The van der Waals surface area contributed by atoms with Crippen molar-refractivity contribution in [2.75, 3.05) is 21.0 Å². The summed E-state index contributed by atoms with van der Waals surface area (Å²) in [6.07, 6.45) is 0.842. The summed E-state index contributed by atoms with van der Waals surface area (Å²) in [5.41, 5.74) is 4.30. The van der Waals surface area contributed by atoms with Crippen LogP contribution in [0, 0.1) is 0 Å². The van der Waals surface area contributed by atoms with Crippen LogP contribution < -0.4 is 9.47 Å². The van der Waals surface area contributed by atoms with Crippen LogP contribution in [0.25, 0.3) is 0 Å². The fourth-order valence-electron chi connectivity index (χ4n) is 5.74. The van der Waals surface area contributed by atoms with E-state index in [1.807, 2.05) is 12.1 Å². The Morgan fingerprint density at radius 3 is 2.08 bits per heavy atom. The molecule has 1 fully saturated rings. The number of methoxy groups -OCH3 is 2. The van der Waals surface area contributed by atoms with Gasteiger partial charge in [-0.25, -0.2) is 0 Å². The van der Waals surface area contributed by atoms with Gasteiger partial charge in [-0.05, 0) is 86.6 Å². The highest BCUT2D eigenvalue weighted by Gasteiger charge is 2.57. The van der Waals surface area contributed by atoms with E-state index in [9.17, 15) is 0 Å². The third-order valence-corrected chi connectivity index (χ3v) is 8.35. The van der Waals surface area contributed by atoms with Crippen LogP contribution in [0.3, 0.4) is 0 Å². The standard InChI is InChI=1S/C31H37BO5/c1-30(2)31(3,4)37-32(36-30)27-19-23-18-25(34-6)16-17-26(23)28(29(27)21-10-8-7-9-11-21)22-12-14-24(15-13-22)35-20-33-5/h7-18,27-29H,19-20H2,1-6H3/t27-,28-,29+/m1/s1. The molecule has 0 unspecified atom stereocenters. The molecule has 3 atom stereocenters. The zero-order valence-electron chi connectivity index (χ0n) is 22.7. The van der Waals surface area contributed by atoms with Gasteiger partial charge in [0, 0.05) is 18.8 Å². The average Bonchev–Trinajstić information content (AvgIpc) is 3.13. The molecule has 5 nitrogen and oxygen atoms in total. The van der Waals surface area contributed by atoms with Gasteiger partial charge in [0.1, 0.15) is 11.5 Å². The molecule has 194 valence electrons. The highest BCUT2D eigenvalue weighted by molar-refractivity contribution is 6.48. The number of fused-ring (bicyclic) bond motifs is 1. The number of hydrogen-bond acceptors (Lipinski definition) is 5. The molecular weight excluding hydrogens is 463 g/mol. The molecule has 0 saturated carbocycles. The van der Waals surface area contributed by atoms with Crippen molar-refractivity contribution in [2.24, 2.45) is 0 Å². The van der Waals surface area contributed by atoms with Crippen molar-refractivity contribution >= 4 is 7.12 Å². The van der Waals surface area contributed by atoms with Crippen LogP contribution in [0.5, 0.6) is 11.5 Å². The minimum Gasteiger partial charge on any atom is -0.497 e. The first-order valence-electron chi connectivity index (χ1n) is 13.0. The van der Waals surface area contributed by atoms with Gasteiger partial charge in [0.25, 0.3) is 0 Å². The largest absolute Gasteiger partial charge is 0.497 e. The lowest BCUT2D eigenvalue weighted by Crippen LogP contribution is -2.41. The molecule has 1 heterocycles. The summed E-state index contributed by atoms with van der Waals surface area (Å²) in [6.45, 7) is 8.73. The summed E-state index contributed by atoms with van der Waals surface area (Å²) in [6, 6.07) is 25.7. The van der Waals surface area contributed by atoms with Gasteiger partial charge >= 0.3 is 7.12 Å². The molecule has 0 radical (unpaired) electrons. The molecule has 0 aromatic heterocycles. The summed E-state index contributed by atoms with van der Waals surface area (Å²) >= 11 is 0. The van der Waals surface area contributed by atoms with Gasteiger partial charge in [-0.15, -0.1) is 0 Å². The van der Waals surface area contributed by atoms with Crippen molar-refractivity contribution in [3.8, 4) is 11.5 Å². The van der Waals surface area contributed by atoms with Crippen molar-refractivity contribution in [1.82, 2.24) is 0 Å². The second kappa shape index (κ2) is 10.2. The van der Waals surface area contributed by atoms with Crippen molar-refractivity contribution in [3.05, 3.63) is 95.1 Å². The first-order valence-corrected chi connectivity index (χ1v) is 13.0. The minimum absolute atomic E-state index is 0.109. The predicted octanol–water partition coefficient (Wildman–Crippen LogP) is 6.61. The van der Waals surface area contributed by atoms with Crippen molar-refractivity contribution in [2.45, 2.75) is 63.0 Å². The van der Waals surface area contributed by atoms with Gasteiger partial charge < -0.3 is 23.5 Å². The lowest BCUT2D eigenvalue weighted by atomic mass is 9.52. The molecular formula is C31H37BO5. The number of benzene rings is 3. The van der Waals surface area contributed by atoms with Gasteiger partial charge in [-0.1, -0.05) is 48.5 Å². The maximum atomic E-state index is 6.69. The Morgan fingerprint density at radius 2 is 1.46 bits per heavy atom. The van der Waals surface area contributed by atoms with Crippen LogP contribution in [-0.4, -0.2) is 39.3 Å². The number of hydrogen-bond donors (Lipinski definition) is 0. The van der Waals surface area contributed by atoms with Crippen LogP contribution in [0.4, 0.5) is 0 Å². The zero-order valence-corrected chi connectivity index (χ0v) is 22.7. The van der Waals surface area contributed by atoms with Gasteiger partial charge in [0.05, 0.1) is 18.3 Å². The van der Waals surface area contributed by atoms with E-state index in [0.29, 0.717) is 0 Å².